The molecule has 0 bridgehead atoms. The maximum atomic E-state index is 12.1. The number of hydrogen-bond acceptors (Lipinski definition) is 2. The molecule has 0 N–H and O–H groups in total. The van der Waals surface area contributed by atoms with Crippen molar-refractivity contribution < 1.29 is 4.79 Å². The van der Waals surface area contributed by atoms with E-state index in [2.05, 4.69) is 20.9 Å². The van der Waals surface area contributed by atoms with Gasteiger partial charge in [0.15, 0.2) is 0 Å². The Balaban J connectivity index is 1.98. The maximum Gasteiger partial charge on any atom is 0.272 e. The molecule has 4 heteroatoms. The van der Waals surface area contributed by atoms with E-state index in [1.54, 1.807) is 11.0 Å². The monoisotopic (exact) mass is 296 g/mol. The van der Waals surface area contributed by atoms with Crippen molar-refractivity contribution in [3.8, 4) is 0 Å². The number of pyridine rings is 1. The van der Waals surface area contributed by atoms with Crippen molar-refractivity contribution in [1.82, 2.24) is 9.88 Å². The Morgan fingerprint density at radius 1 is 1.47 bits per heavy atom. The molecule has 92 valence electrons. The third kappa shape index (κ3) is 3.28. The van der Waals surface area contributed by atoms with Crippen LogP contribution in [0.15, 0.2) is 22.8 Å². The van der Waals surface area contributed by atoms with E-state index in [-0.39, 0.29) is 5.91 Å². The summed E-state index contributed by atoms with van der Waals surface area (Å²) in [6.45, 7) is 0.854. The van der Waals surface area contributed by atoms with Gasteiger partial charge in [-0.05, 0) is 46.8 Å². The van der Waals surface area contributed by atoms with Crippen LogP contribution in [-0.4, -0.2) is 29.4 Å². The SMILES string of the molecule is CN(CC1CCCC1)C(=O)c1cccc(Br)n1. The standard InChI is InChI=1S/C13H17BrN2O/c1-16(9-10-5-2-3-6-10)13(17)11-7-4-8-12(14)15-11/h4,7-8,10H,2-3,5-6,9H2,1H3. The van der Waals surface area contributed by atoms with Crippen molar-refractivity contribution in [3.05, 3.63) is 28.5 Å². The van der Waals surface area contributed by atoms with E-state index in [0.29, 0.717) is 16.2 Å². The quantitative estimate of drug-likeness (QED) is 0.803. The van der Waals surface area contributed by atoms with Gasteiger partial charge in [-0.2, -0.15) is 0 Å². The summed E-state index contributed by atoms with van der Waals surface area (Å²) in [6, 6.07) is 5.43. The molecule has 1 heterocycles. The molecule has 1 fully saturated rings. The van der Waals surface area contributed by atoms with Crippen LogP contribution in [0.1, 0.15) is 36.2 Å². The number of amides is 1. The van der Waals surface area contributed by atoms with Gasteiger partial charge in [-0.1, -0.05) is 18.9 Å². The Morgan fingerprint density at radius 3 is 2.82 bits per heavy atom. The first-order valence-electron chi connectivity index (χ1n) is 6.05. The van der Waals surface area contributed by atoms with Crippen molar-refractivity contribution in [2.24, 2.45) is 5.92 Å². The minimum absolute atomic E-state index is 0.0122. The number of aromatic nitrogens is 1. The normalized spacial score (nSPS) is 16.1. The zero-order valence-electron chi connectivity index (χ0n) is 10.0. The maximum absolute atomic E-state index is 12.1. The summed E-state index contributed by atoms with van der Waals surface area (Å²) < 4.78 is 0.706. The Hall–Kier alpha value is -0.900. The van der Waals surface area contributed by atoms with Crippen molar-refractivity contribution >= 4 is 21.8 Å². The first-order valence-corrected chi connectivity index (χ1v) is 6.84. The van der Waals surface area contributed by atoms with Gasteiger partial charge in [0.05, 0.1) is 0 Å². The molecule has 1 aliphatic carbocycles. The van der Waals surface area contributed by atoms with Crippen LogP contribution in [0.3, 0.4) is 0 Å². The first kappa shape index (κ1) is 12.6. The van der Waals surface area contributed by atoms with Crippen molar-refractivity contribution in [3.63, 3.8) is 0 Å². The van der Waals surface area contributed by atoms with E-state index in [1.807, 2.05) is 19.2 Å². The first-order chi connectivity index (χ1) is 8.16. The van der Waals surface area contributed by atoms with Crippen LogP contribution in [0.2, 0.25) is 0 Å². The highest BCUT2D eigenvalue weighted by Gasteiger charge is 2.20. The molecule has 0 atom stereocenters. The predicted octanol–water partition coefficient (Wildman–Crippen LogP) is 3.11. The van der Waals surface area contributed by atoms with E-state index in [0.717, 1.165) is 6.54 Å². The number of carbonyl (C=O) groups is 1. The fourth-order valence-electron chi connectivity index (χ4n) is 2.39. The number of halogens is 1. The molecule has 0 saturated heterocycles. The van der Waals surface area contributed by atoms with Crippen LogP contribution in [0.4, 0.5) is 0 Å². The average molecular weight is 297 g/mol. The van der Waals surface area contributed by atoms with E-state index in [4.69, 9.17) is 0 Å². The lowest BCUT2D eigenvalue weighted by molar-refractivity contribution is 0.0767. The molecular weight excluding hydrogens is 280 g/mol. The van der Waals surface area contributed by atoms with Gasteiger partial charge in [0.2, 0.25) is 0 Å². The second-order valence-electron chi connectivity index (χ2n) is 4.68. The molecule has 2 rings (SSSR count). The van der Waals surface area contributed by atoms with Crippen molar-refractivity contribution in [2.45, 2.75) is 25.7 Å². The van der Waals surface area contributed by atoms with Crippen LogP contribution in [0, 0.1) is 5.92 Å². The smallest absolute Gasteiger partial charge is 0.272 e. The van der Waals surface area contributed by atoms with Crippen molar-refractivity contribution in [1.29, 1.82) is 0 Å². The Kier molecular flexibility index (Phi) is 4.15. The van der Waals surface area contributed by atoms with Gasteiger partial charge >= 0.3 is 0 Å². The summed E-state index contributed by atoms with van der Waals surface area (Å²) in [5.74, 6) is 0.689. The van der Waals surface area contributed by atoms with Crippen LogP contribution >= 0.6 is 15.9 Å². The number of hydrogen-bond donors (Lipinski definition) is 0. The number of carbonyl (C=O) groups excluding carboxylic acids is 1. The van der Waals surface area contributed by atoms with Gasteiger partial charge in [0.1, 0.15) is 10.3 Å². The van der Waals surface area contributed by atoms with Gasteiger partial charge in [0.25, 0.3) is 5.91 Å². The van der Waals surface area contributed by atoms with Crippen LogP contribution in [-0.2, 0) is 0 Å². The predicted molar refractivity (Wildman–Crippen MR) is 70.9 cm³/mol. The molecule has 1 aromatic heterocycles. The number of rotatable bonds is 3. The molecular formula is C13H17BrN2O. The van der Waals surface area contributed by atoms with Gasteiger partial charge in [-0.25, -0.2) is 4.98 Å². The molecule has 17 heavy (non-hydrogen) atoms. The Bertz CT molecular complexity index is 402. The minimum Gasteiger partial charge on any atom is -0.340 e. The largest absolute Gasteiger partial charge is 0.340 e. The lowest BCUT2D eigenvalue weighted by Crippen LogP contribution is -2.31. The second-order valence-corrected chi connectivity index (χ2v) is 5.49. The van der Waals surface area contributed by atoms with E-state index < -0.39 is 0 Å². The molecule has 1 aromatic rings. The van der Waals surface area contributed by atoms with Gasteiger partial charge in [-0.15, -0.1) is 0 Å². The highest BCUT2D eigenvalue weighted by atomic mass is 79.9. The molecule has 0 aliphatic heterocycles. The summed E-state index contributed by atoms with van der Waals surface area (Å²) in [7, 11) is 1.86. The highest BCUT2D eigenvalue weighted by Crippen LogP contribution is 2.25. The summed E-state index contributed by atoms with van der Waals surface area (Å²) >= 11 is 3.29. The summed E-state index contributed by atoms with van der Waals surface area (Å²) in [5, 5.41) is 0. The Morgan fingerprint density at radius 2 is 2.18 bits per heavy atom. The second kappa shape index (κ2) is 5.63. The van der Waals surface area contributed by atoms with Gasteiger partial charge < -0.3 is 4.90 Å². The molecule has 1 aliphatic rings. The van der Waals surface area contributed by atoms with E-state index in [1.165, 1.54) is 25.7 Å². The number of nitrogens with zero attached hydrogens (tertiary/aromatic N) is 2. The molecule has 0 aromatic carbocycles. The Labute approximate surface area is 110 Å². The third-order valence-electron chi connectivity index (χ3n) is 3.29. The van der Waals surface area contributed by atoms with Gasteiger partial charge in [-0.3, -0.25) is 4.79 Å². The van der Waals surface area contributed by atoms with Crippen LogP contribution in [0.5, 0.6) is 0 Å². The fourth-order valence-corrected chi connectivity index (χ4v) is 2.73. The van der Waals surface area contributed by atoms with Gasteiger partial charge in [0, 0.05) is 13.6 Å². The lowest BCUT2D eigenvalue weighted by atomic mass is 10.1. The minimum atomic E-state index is 0.0122. The van der Waals surface area contributed by atoms with Crippen LogP contribution in [0.25, 0.3) is 0 Å². The summed E-state index contributed by atoms with van der Waals surface area (Å²) in [4.78, 5) is 18.1. The molecule has 0 spiro atoms. The molecule has 0 unspecified atom stereocenters. The average Bonchev–Trinajstić information content (AvgIpc) is 2.80. The summed E-state index contributed by atoms with van der Waals surface area (Å²) in [6.07, 6.45) is 5.12. The highest BCUT2D eigenvalue weighted by molar-refractivity contribution is 9.10. The topological polar surface area (TPSA) is 33.2 Å². The molecule has 1 amide bonds. The zero-order chi connectivity index (χ0) is 12.3. The molecule has 3 nitrogen and oxygen atoms in total. The van der Waals surface area contributed by atoms with Crippen LogP contribution < -0.4 is 0 Å². The summed E-state index contributed by atoms with van der Waals surface area (Å²) in [5.41, 5.74) is 0.514. The fraction of sp³-hybridized carbons (Fsp3) is 0.538. The zero-order valence-corrected chi connectivity index (χ0v) is 11.6. The van der Waals surface area contributed by atoms with Crippen molar-refractivity contribution in [2.75, 3.05) is 13.6 Å². The van der Waals surface area contributed by atoms with E-state index in [9.17, 15) is 4.79 Å². The third-order valence-corrected chi connectivity index (χ3v) is 3.73. The van der Waals surface area contributed by atoms with E-state index >= 15 is 0 Å². The molecule has 1 saturated carbocycles. The molecule has 0 radical (unpaired) electrons. The lowest BCUT2D eigenvalue weighted by Gasteiger charge is -2.20.